The maximum absolute atomic E-state index is 4.62. The molecule has 3 aromatic heterocycles. The molecule has 1 aliphatic rings. The lowest BCUT2D eigenvalue weighted by atomic mass is 10.2. The van der Waals surface area contributed by atoms with E-state index in [1.807, 2.05) is 63.4 Å². The second-order valence-corrected chi connectivity index (χ2v) is 6.82. The minimum absolute atomic E-state index is 0.255. The number of hydrogen-bond donors (Lipinski definition) is 2. The second kappa shape index (κ2) is 7.35. The number of aromatic nitrogens is 4. The molecule has 0 bridgehead atoms. The molecule has 0 spiro atoms. The SMILES string of the molecule is CNc1nc(N(C)C)cc(C)c1N=Nc1c(C2CN2)cnn1-c1ccccn1. The van der Waals surface area contributed by atoms with E-state index in [1.165, 1.54) is 0 Å². The highest BCUT2D eigenvalue weighted by Gasteiger charge is 2.29. The van der Waals surface area contributed by atoms with Crippen LogP contribution in [0.4, 0.5) is 23.1 Å². The highest BCUT2D eigenvalue weighted by molar-refractivity contribution is 5.68. The summed E-state index contributed by atoms with van der Waals surface area (Å²) in [4.78, 5) is 11.0. The maximum atomic E-state index is 4.62. The van der Waals surface area contributed by atoms with Gasteiger partial charge < -0.3 is 15.5 Å². The number of rotatable bonds is 6. The van der Waals surface area contributed by atoms with E-state index < -0.39 is 0 Å². The van der Waals surface area contributed by atoms with Gasteiger partial charge in [0, 0.05) is 39.4 Å². The van der Waals surface area contributed by atoms with Crippen molar-refractivity contribution in [3.63, 3.8) is 0 Å². The quantitative estimate of drug-likeness (QED) is 0.505. The summed E-state index contributed by atoms with van der Waals surface area (Å²) in [6.45, 7) is 2.92. The highest BCUT2D eigenvalue weighted by atomic mass is 15.4. The topological polar surface area (TPSA) is 106 Å². The molecule has 1 aliphatic heterocycles. The largest absolute Gasteiger partial charge is 0.371 e. The molecular formula is C19H23N9. The van der Waals surface area contributed by atoms with Crippen LogP contribution in [0.15, 0.2) is 46.9 Å². The van der Waals surface area contributed by atoms with Crippen LogP contribution in [0.3, 0.4) is 0 Å². The second-order valence-electron chi connectivity index (χ2n) is 6.82. The van der Waals surface area contributed by atoms with Crippen LogP contribution in [-0.2, 0) is 0 Å². The molecule has 4 rings (SSSR count). The van der Waals surface area contributed by atoms with Crippen molar-refractivity contribution in [1.29, 1.82) is 0 Å². The summed E-state index contributed by atoms with van der Waals surface area (Å²) in [7, 11) is 5.75. The Morgan fingerprint density at radius 2 is 2.11 bits per heavy atom. The van der Waals surface area contributed by atoms with Crippen LogP contribution in [0, 0.1) is 6.92 Å². The Bertz CT molecular complexity index is 1000. The van der Waals surface area contributed by atoms with Crippen LogP contribution in [-0.4, -0.2) is 47.4 Å². The molecule has 9 nitrogen and oxygen atoms in total. The summed E-state index contributed by atoms with van der Waals surface area (Å²) in [5, 5.41) is 20.0. The van der Waals surface area contributed by atoms with E-state index in [9.17, 15) is 0 Å². The van der Waals surface area contributed by atoms with Gasteiger partial charge >= 0.3 is 0 Å². The number of pyridine rings is 2. The van der Waals surface area contributed by atoms with Gasteiger partial charge in [0.2, 0.25) is 0 Å². The molecule has 0 aromatic carbocycles. The zero-order chi connectivity index (χ0) is 19.7. The lowest BCUT2D eigenvalue weighted by Crippen LogP contribution is -2.11. The van der Waals surface area contributed by atoms with Gasteiger partial charge in [-0.25, -0.2) is 9.97 Å². The Morgan fingerprint density at radius 3 is 2.75 bits per heavy atom. The minimum Gasteiger partial charge on any atom is -0.371 e. The van der Waals surface area contributed by atoms with Gasteiger partial charge in [-0.15, -0.1) is 10.2 Å². The molecule has 4 heterocycles. The van der Waals surface area contributed by atoms with E-state index in [1.54, 1.807) is 10.9 Å². The molecule has 1 saturated heterocycles. The van der Waals surface area contributed by atoms with Gasteiger partial charge in [0.1, 0.15) is 11.5 Å². The normalized spacial score (nSPS) is 15.8. The third-order valence-corrected chi connectivity index (χ3v) is 4.53. The van der Waals surface area contributed by atoms with E-state index in [2.05, 4.69) is 35.9 Å². The average molecular weight is 377 g/mol. The van der Waals surface area contributed by atoms with Crippen molar-refractivity contribution in [2.75, 3.05) is 37.9 Å². The molecule has 2 N–H and O–H groups in total. The van der Waals surface area contributed by atoms with Gasteiger partial charge in [-0.1, -0.05) is 6.07 Å². The van der Waals surface area contributed by atoms with Gasteiger partial charge in [-0.2, -0.15) is 9.78 Å². The molecule has 0 saturated carbocycles. The summed E-state index contributed by atoms with van der Waals surface area (Å²) in [5.41, 5.74) is 2.70. The summed E-state index contributed by atoms with van der Waals surface area (Å²) < 4.78 is 1.72. The highest BCUT2D eigenvalue weighted by Crippen LogP contribution is 2.36. The van der Waals surface area contributed by atoms with E-state index in [0.29, 0.717) is 23.1 Å². The van der Waals surface area contributed by atoms with Crippen molar-refractivity contribution in [2.45, 2.75) is 13.0 Å². The predicted molar refractivity (Wildman–Crippen MR) is 109 cm³/mol. The first-order chi connectivity index (χ1) is 13.6. The fraction of sp³-hybridized carbons (Fsp3) is 0.316. The standard InChI is InChI=1S/C19H23N9/c1-12-9-16(27(3)4)24-18(20-2)17(12)25-26-19-13(14-11-22-14)10-23-28(19)15-7-5-6-8-21-15/h5-10,14,22H,11H2,1-4H3,(H,20,24). The van der Waals surface area contributed by atoms with Crippen LogP contribution in [0.2, 0.25) is 0 Å². The molecule has 1 fully saturated rings. The first kappa shape index (κ1) is 18.1. The van der Waals surface area contributed by atoms with E-state index in [-0.39, 0.29) is 6.04 Å². The number of nitrogens with zero attached hydrogens (tertiary/aromatic N) is 7. The van der Waals surface area contributed by atoms with Crippen molar-refractivity contribution in [1.82, 2.24) is 25.1 Å². The lowest BCUT2D eigenvalue weighted by molar-refractivity contribution is 0.838. The Kier molecular flexibility index (Phi) is 4.74. The zero-order valence-electron chi connectivity index (χ0n) is 16.4. The lowest BCUT2D eigenvalue weighted by Gasteiger charge is -2.15. The molecule has 0 amide bonds. The number of azo groups is 1. The molecule has 3 aromatic rings. The van der Waals surface area contributed by atoms with E-state index >= 15 is 0 Å². The van der Waals surface area contributed by atoms with Gasteiger partial charge in [0.15, 0.2) is 17.5 Å². The Labute approximate surface area is 163 Å². The van der Waals surface area contributed by atoms with Crippen LogP contribution < -0.4 is 15.5 Å². The predicted octanol–water partition coefficient (Wildman–Crippen LogP) is 3.14. The Hall–Kier alpha value is -3.33. The number of hydrogen-bond acceptors (Lipinski definition) is 8. The van der Waals surface area contributed by atoms with Crippen LogP contribution in [0.5, 0.6) is 0 Å². The fourth-order valence-corrected chi connectivity index (χ4v) is 2.90. The van der Waals surface area contributed by atoms with Crippen molar-refractivity contribution >= 4 is 23.1 Å². The van der Waals surface area contributed by atoms with Crippen molar-refractivity contribution < 1.29 is 0 Å². The van der Waals surface area contributed by atoms with E-state index in [4.69, 9.17) is 0 Å². The molecule has 144 valence electrons. The summed E-state index contributed by atoms with van der Waals surface area (Å²) >= 11 is 0. The van der Waals surface area contributed by atoms with Crippen molar-refractivity contribution in [3.8, 4) is 5.82 Å². The van der Waals surface area contributed by atoms with Crippen molar-refractivity contribution in [2.24, 2.45) is 10.2 Å². The first-order valence-electron chi connectivity index (χ1n) is 9.09. The molecule has 9 heteroatoms. The van der Waals surface area contributed by atoms with Gasteiger partial charge in [-0.3, -0.25) is 0 Å². The summed E-state index contributed by atoms with van der Waals surface area (Å²) in [6, 6.07) is 7.94. The van der Waals surface area contributed by atoms with Gasteiger partial charge in [0.05, 0.1) is 12.2 Å². The van der Waals surface area contributed by atoms with Crippen LogP contribution in [0.25, 0.3) is 5.82 Å². The summed E-state index contributed by atoms with van der Waals surface area (Å²) in [5.74, 6) is 2.92. The summed E-state index contributed by atoms with van der Waals surface area (Å²) in [6.07, 6.45) is 3.56. The number of nitrogens with one attached hydrogen (secondary N) is 2. The Morgan fingerprint density at radius 1 is 1.29 bits per heavy atom. The maximum Gasteiger partial charge on any atom is 0.184 e. The fourth-order valence-electron chi connectivity index (χ4n) is 2.90. The Balaban J connectivity index is 1.77. The van der Waals surface area contributed by atoms with Gasteiger partial charge in [0.25, 0.3) is 0 Å². The molecule has 0 radical (unpaired) electrons. The molecule has 1 atom stereocenters. The minimum atomic E-state index is 0.255. The van der Waals surface area contributed by atoms with E-state index in [0.717, 1.165) is 23.5 Å². The number of aryl methyl sites for hydroxylation is 1. The zero-order valence-corrected chi connectivity index (χ0v) is 16.4. The first-order valence-corrected chi connectivity index (χ1v) is 9.09. The molecule has 1 unspecified atom stereocenters. The van der Waals surface area contributed by atoms with Crippen molar-refractivity contribution in [3.05, 3.63) is 47.8 Å². The van der Waals surface area contributed by atoms with Gasteiger partial charge in [-0.05, 0) is 30.7 Å². The third-order valence-electron chi connectivity index (χ3n) is 4.53. The monoisotopic (exact) mass is 377 g/mol. The van der Waals surface area contributed by atoms with Crippen LogP contribution >= 0.6 is 0 Å². The molecular weight excluding hydrogens is 354 g/mol. The third kappa shape index (κ3) is 3.44. The van der Waals surface area contributed by atoms with Crippen LogP contribution in [0.1, 0.15) is 17.2 Å². The smallest absolute Gasteiger partial charge is 0.184 e. The average Bonchev–Trinajstić information content (AvgIpc) is 3.46. The molecule has 0 aliphatic carbocycles. The number of anilines is 2. The molecule has 28 heavy (non-hydrogen) atoms.